The molecule has 0 spiro atoms. The minimum absolute atomic E-state index is 0.249. The molecule has 84 valence electrons. The van der Waals surface area contributed by atoms with Crippen molar-refractivity contribution in [2.75, 3.05) is 7.11 Å². The van der Waals surface area contributed by atoms with Crippen LogP contribution in [0.3, 0.4) is 0 Å². The highest BCUT2D eigenvalue weighted by molar-refractivity contribution is 5.75. The van der Waals surface area contributed by atoms with Gasteiger partial charge in [-0.15, -0.1) is 0 Å². The molecular formula is C15H18O. The van der Waals surface area contributed by atoms with Crippen LogP contribution < -0.4 is 0 Å². The molecule has 16 heavy (non-hydrogen) atoms. The van der Waals surface area contributed by atoms with Crippen molar-refractivity contribution in [2.45, 2.75) is 25.9 Å². The van der Waals surface area contributed by atoms with Crippen molar-refractivity contribution in [3.8, 4) is 0 Å². The predicted molar refractivity (Wildman–Crippen MR) is 68.4 cm³/mol. The zero-order chi connectivity index (χ0) is 11.4. The molecule has 1 aliphatic carbocycles. The standard InChI is InChI=1S/C15H18O/c1-3-12-4-6-13(7-5-12)14-8-10-15(16-2)11-9-14/h4-10,15H,3,11H2,1-2H3. The van der Waals surface area contributed by atoms with Crippen LogP contribution in [0.25, 0.3) is 5.57 Å². The number of rotatable bonds is 3. The van der Waals surface area contributed by atoms with E-state index in [1.54, 1.807) is 7.11 Å². The topological polar surface area (TPSA) is 9.23 Å². The summed E-state index contributed by atoms with van der Waals surface area (Å²) in [6, 6.07) is 8.79. The number of allylic oxidation sites excluding steroid dienone is 2. The molecule has 0 fully saturated rings. The van der Waals surface area contributed by atoms with Gasteiger partial charge < -0.3 is 4.74 Å². The molecule has 0 saturated heterocycles. The number of benzene rings is 1. The molecule has 0 amide bonds. The quantitative estimate of drug-likeness (QED) is 0.747. The summed E-state index contributed by atoms with van der Waals surface area (Å²) in [5.74, 6) is 0. The van der Waals surface area contributed by atoms with Crippen molar-refractivity contribution >= 4 is 5.57 Å². The lowest BCUT2D eigenvalue weighted by molar-refractivity contribution is 0.143. The summed E-state index contributed by atoms with van der Waals surface area (Å²) in [5, 5.41) is 0. The van der Waals surface area contributed by atoms with E-state index in [4.69, 9.17) is 4.74 Å². The highest BCUT2D eigenvalue weighted by Crippen LogP contribution is 2.22. The monoisotopic (exact) mass is 214 g/mol. The Morgan fingerprint density at radius 3 is 2.50 bits per heavy atom. The van der Waals surface area contributed by atoms with E-state index < -0.39 is 0 Å². The van der Waals surface area contributed by atoms with E-state index in [-0.39, 0.29) is 6.10 Å². The van der Waals surface area contributed by atoms with E-state index in [0.29, 0.717) is 0 Å². The summed E-state index contributed by atoms with van der Waals surface area (Å²) in [6.07, 6.45) is 8.84. The molecule has 1 aromatic carbocycles. The van der Waals surface area contributed by atoms with E-state index in [0.717, 1.165) is 12.8 Å². The Labute approximate surface area is 97.4 Å². The van der Waals surface area contributed by atoms with E-state index in [1.807, 2.05) is 0 Å². The van der Waals surface area contributed by atoms with Crippen LogP contribution in [0, 0.1) is 0 Å². The molecule has 0 N–H and O–H groups in total. The largest absolute Gasteiger partial charge is 0.377 e. The lowest BCUT2D eigenvalue weighted by atomic mass is 9.97. The molecule has 1 aliphatic rings. The Bertz CT molecular complexity index is 398. The van der Waals surface area contributed by atoms with Gasteiger partial charge in [-0.2, -0.15) is 0 Å². The number of hydrogen-bond acceptors (Lipinski definition) is 1. The van der Waals surface area contributed by atoms with E-state index in [1.165, 1.54) is 16.7 Å². The van der Waals surface area contributed by atoms with Crippen molar-refractivity contribution in [2.24, 2.45) is 0 Å². The summed E-state index contributed by atoms with van der Waals surface area (Å²) < 4.78 is 5.28. The van der Waals surface area contributed by atoms with Crippen LogP contribution >= 0.6 is 0 Å². The number of aryl methyl sites for hydroxylation is 1. The lowest BCUT2D eigenvalue weighted by Gasteiger charge is -2.14. The second kappa shape index (κ2) is 5.13. The Balaban J connectivity index is 2.14. The normalized spacial score (nSPS) is 19.6. The molecule has 1 unspecified atom stereocenters. The SMILES string of the molecule is CCc1ccc(C2=CCC(OC)C=C2)cc1. The third-order valence-corrected chi connectivity index (χ3v) is 3.06. The number of hydrogen-bond donors (Lipinski definition) is 0. The molecule has 0 saturated carbocycles. The number of ether oxygens (including phenoxy) is 1. The van der Waals surface area contributed by atoms with E-state index in [9.17, 15) is 0 Å². The second-order valence-corrected chi connectivity index (χ2v) is 4.08. The number of methoxy groups -OCH3 is 1. The summed E-state index contributed by atoms with van der Waals surface area (Å²) in [7, 11) is 1.75. The van der Waals surface area contributed by atoms with Gasteiger partial charge in [-0.25, -0.2) is 0 Å². The Hall–Kier alpha value is -1.34. The van der Waals surface area contributed by atoms with Gasteiger partial charge in [0, 0.05) is 7.11 Å². The maximum Gasteiger partial charge on any atom is 0.0790 e. The fraction of sp³-hybridized carbons (Fsp3) is 0.333. The fourth-order valence-corrected chi connectivity index (χ4v) is 1.92. The smallest absolute Gasteiger partial charge is 0.0790 e. The minimum Gasteiger partial charge on any atom is -0.377 e. The highest BCUT2D eigenvalue weighted by atomic mass is 16.5. The molecule has 1 heteroatoms. The van der Waals surface area contributed by atoms with Gasteiger partial charge >= 0.3 is 0 Å². The average molecular weight is 214 g/mol. The first-order chi connectivity index (χ1) is 7.83. The molecule has 2 rings (SSSR count). The van der Waals surface area contributed by atoms with Crippen molar-refractivity contribution in [3.05, 3.63) is 53.6 Å². The van der Waals surface area contributed by atoms with Gasteiger partial charge in [0.15, 0.2) is 0 Å². The molecule has 0 aromatic heterocycles. The summed E-state index contributed by atoms with van der Waals surface area (Å²) in [5.41, 5.74) is 3.98. The summed E-state index contributed by atoms with van der Waals surface area (Å²) >= 11 is 0. The zero-order valence-electron chi connectivity index (χ0n) is 9.94. The van der Waals surface area contributed by atoms with Crippen molar-refractivity contribution in [1.82, 2.24) is 0 Å². The van der Waals surface area contributed by atoms with Gasteiger partial charge in [0.2, 0.25) is 0 Å². The fourth-order valence-electron chi connectivity index (χ4n) is 1.92. The molecule has 0 radical (unpaired) electrons. The predicted octanol–water partition coefficient (Wildman–Crippen LogP) is 3.61. The van der Waals surface area contributed by atoms with Gasteiger partial charge in [-0.3, -0.25) is 0 Å². The zero-order valence-corrected chi connectivity index (χ0v) is 9.94. The first kappa shape index (κ1) is 11.2. The van der Waals surface area contributed by atoms with Gasteiger partial charge in [-0.1, -0.05) is 49.4 Å². The molecule has 1 atom stereocenters. The maximum absolute atomic E-state index is 5.28. The van der Waals surface area contributed by atoms with Crippen LogP contribution in [0.4, 0.5) is 0 Å². The van der Waals surface area contributed by atoms with Crippen molar-refractivity contribution < 1.29 is 4.74 Å². The van der Waals surface area contributed by atoms with Gasteiger partial charge in [0.25, 0.3) is 0 Å². The Morgan fingerprint density at radius 1 is 1.25 bits per heavy atom. The second-order valence-electron chi connectivity index (χ2n) is 4.08. The highest BCUT2D eigenvalue weighted by Gasteiger charge is 2.08. The van der Waals surface area contributed by atoms with Crippen LogP contribution in [-0.2, 0) is 11.2 Å². The first-order valence-corrected chi connectivity index (χ1v) is 5.84. The first-order valence-electron chi connectivity index (χ1n) is 5.84. The Morgan fingerprint density at radius 2 is 2.00 bits per heavy atom. The molecule has 0 heterocycles. The van der Waals surface area contributed by atoms with Gasteiger partial charge in [0.05, 0.1) is 6.10 Å². The minimum atomic E-state index is 0.249. The molecule has 0 aliphatic heterocycles. The van der Waals surface area contributed by atoms with Crippen LogP contribution in [0.2, 0.25) is 0 Å². The molecule has 1 nitrogen and oxygen atoms in total. The van der Waals surface area contributed by atoms with Crippen LogP contribution in [0.1, 0.15) is 24.5 Å². The molecule has 1 aromatic rings. The van der Waals surface area contributed by atoms with Crippen LogP contribution in [0.15, 0.2) is 42.5 Å². The Kier molecular flexibility index (Phi) is 3.58. The van der Waals surface area contributed by atoms with Crippen LogP contribution in [-0.4, -0.2) is 13.2 Å². The maximum atomic E-state index is 5.28. The van der Waals surface area contributed by atoms with Crippen molar-refractivity contribution in [1.29, 1.82) is 0 Å². The van der Waals surface area contributed by atoms with Crippen molar-refractivity contribution in [3.63, 3.8) is 0 Å². The summed E-state index contributed by atoms with van der Waals surface area (Å²) in [6.45, 7) is 2.18. The van der Waals surface area contributed by atoms with Gasteiger partial charge in [0.1, 0.15) is 0 Å². The molecular weight excluding hydrogens is 196 g/mol. The molecule has 0 bridgehead atoms. The van der Waals surface area contributed by atoms with E-state index in [2.05, 4.69) is 49.4 Å². The van der Waals surface area contributed by atoms with E-state index >= 15 is 0 Å². The lowest BCUT2D eigenvalue weighted by Crippen LogP contribution is -2.08. The summed E-state index contributed by atoms with van der Waals surface area (Å²) in [4.78, 5) is 0. The third-order valence-electron chi connectivity index (χ3n) is 3.06. The van der Waals surface area contributed by atoms with Crippen LogP contribution in [0.5, 0.6) is 0 Å². The van der Waals surface area contributed by atoms with Gasteiger partial charge in [-0.05, 0) is 29.5 Å². The average Bonchev–Trinajstić information content (AvgIpc) is 2.39. The third kappa shape index (κ3) is 2.42.